The van der Waals surface area contributed by atoms with Crippen molar-refractivity contribution < 1.29 is 14.2 Å². The van der Waals surface area contributed by atoms with E-state index in [-0.39, 0.29) is 0 Å². The van der Waals surface area contributed by atoms with Gasteiger partial charge in [0.15, 0.2) is 0 Å². The zero-order valence-electron chi connectivity index (χ0n) is 7.85. The molecular formula is C8H15O3Sn. The summed E-state index contributed by atoms with van der Waals surface area (Å²) in [5.41, 5.74) is 0. The molecule has 0 heterocycles. The van der Waals surface area contributed by atoms with E-state index in [1.54, 1.807) is 0 Å². The van der Waals surface area contributed by atoms with Crippen LogP contribution in [-0.2, 0) is 14.2 Å². The quantitative estimate of drug-likeness (QED) is 0.543. The van der Waals surface area contributed by atoms with Gasteiger partial charge in [0.1, 0.15) is 0 Å². The molecular weight excluding hydrogens is 263 g/mol. The maximum atomic E-state index is 5.28. The summed E-state index contributed by atoms with van der Waals surface area (Å²) < 4.78 is 16.6. The van der Waals surface area contributed by atoms with Gasteiger partial charge in [0, 0.05) is 0 Å². The monoisotopic (exact) mass is 279 g/mol. The van der Waals surface area contributed by atoms with Gasteiger partial charge in [0.25, 0.3) is 0 Å². The summed E-state index contributed by atoms with van der Waals surface area (Å²) in [7, 11) is 0. The van der Waals surface area contributed by atoms with Gasteiger partial charge >= 0.3 is 87.0 Å². The molecule has 0 aromatic carbocycles. The van der Waals surface area contributed by atoms with E-state index in [9.17, 15) is 0 Å². The fraction of sp³-hybridized carbons (Fsp3) is 0.750. The zero-order chi connectivity index (χ0) is 9.40. The second kappa shape index (κ2) is 7.58. The Morgan fingerprint density at radius 3 is 1.67 bits per heavy atom. The van der Waals surface area contributed by atoms with E-state index in [2.05, 4.69) is 0 Å². The Morgan fingerprint density at radius 2 is 1.33 bits per heavy atom. The molecule has 0 aromatic heterocycles. The van der Waals surface area contributed by atoms with Crippen molar-refractivity contribution in [2.24, 2.45) is 0 Å². The molecule has 0 atom stereocenters. The molecule has 0 aliphatic rings. The van der Waals surface area contributed by atoms with Gasteiger partial charge < -0.3 is 0 Å². The van der Waals surface area contributed by atoms with Gasteiger partial charge in [-0.3, -0.25) is 0 Å². The minimum atomic E-state index is 0.542. The number of hydrogen-bond donors (Lipinski definition) is 0. The molecule has 0 fully saturated rings. The van der Waals surface area contributed by atoms with Crippen molar-refractivity contribution in [1.29, 1.82) is 0 Å². The van der Waals surface area contributed by atoms with Crippen molar-refractivity contribution in [3.05, 3.63) is 9.72 Å². The molecule has 0 aromatic rings. The van der Waals surface area contributed by atoms with Gasteiger partial charge in [-0.25, -0.2) is 0 Å². The van der Waals surface area contributed by atoms with Crippen molar-refractivity contribution in [3.8, 4) is 0 Å². The third-order valence-corrected chi connectivity index (χ3v) is 2.02. The van der Waals surface area contributed by atoms with E-state index in [1.807, 2.05) is 20.8 Å². The Balaban J connectivity index is 4.11. The van der Waals surface area contributed by atoms with E-state index in [4.69, 9.17) is 14.2 Å². The molecule has 0 saturated heterocycles. The van der Waals surface area contributed by atoms with Crippen LogP contribution in [0, 0.1) is 0 Å². The van der Waals surface area contributed by atoms with Crippen molar-refractivity contribution in [3.63, 3.8) is 0 Å². The van der Waals surface area contributed by atoms with Gasteiger partial charge in [0.2, 0.25) is 0 Å². The first-order valence-electron chi connectivity index (χ1n) is 4.10. The zero-order valence-corrected chi connectivity index (χ0v) is 10.7. The summed E-state index contributed by atoms with van der Waals surface area (Å²) in [5, 5.41) is 0. The van der Waals surface area contributed by atoms with Crippen LogP contribution in [0.1, 0.15) is 20.8 Å². The molecule has 0 saturated carbocycles. The van der Waals surface area contributed by atoms with Crippen molar-refractivity contribution in [2.75, 3.05) is 19.8 Å². The van der Waals surface area contributed by atoms with Crippen LogP contribution in [-0.4, -0.2) is 42.3 Å². The first-order chi connectivity index (χ1) is 5.76. The molecule has 4 heteroatoms. The van der Waals surface area contributed by atoms with Gasteiger partial charge in [-0.2, -0.15) is 0 Å². The molecule has 0 bridgehead atoms. The Bertz CT molecular complexity index is 137. The topological polar surface area (TPSA) is 27.7 Å². The molecule has 0 aliphatic heterocycles. The Hall–Kier alpha value is -0.0613. The standard InChI is InChI=1S/C8H15O3.Sn/c1-4-9-7-8(10-5-2)11-6-3;/h4-6H2,1-3H3;. The molecule has 0 rings (SSSR count). The summed E-state index contributed by atoms with van der Waals surface area (Å²) in [4.78, 5) is 0. The SMILES string of the molecule is CCO[C]([Sn])=C(OCC)OCC. The third kappa shape index (κ3) is 4.74. The minimum absolute atomic E-state index is 0.542. The number of ether oxygens (including phenoxy) is 3. The molecule has 3 radical (unpaired) electrons. The van der Waals surface area contributed by atoms with Crippen LogP contribution in [0.15, 0.2) is 9.72 Å². The van der Waals surface area contributed by atoms with E-state index in [0.717, 1.165) is 3.78 Å². The van der Waals surface area contributed by atoms with Crippen molar-refractivity contribution in [1.82, 2.24) is 0 Å². The van der Waals surface area contributed by atoms with Crippen LogP contribution in [0.4, 0.5) is 0 Å². The second-order valence-corrected chi connectivity index (χ2v) is 3.21. The Morgan fingerprint density at radius 1 is 0.917 bits per heavy atom. The van der Waals surface area contributed by atoms with Gasteiger partial charge in [-0.15, -0.1) is 0 Å². The van der Waals surface area contributed by atoms with E-state index >= 15 is 0 Å². The molecule has 0 unspecified atom stereocenters. The van der Waals surface area contributed by atoms with Gasteiger partial charge in [-0.05, 0) is 0 Å². The number of hydrogen-bond acceptors (Lipinski definition) is 3. The first kappa shape index (κ1) is 11.9. The maximum absolute atomic E-state index is 5.28. The van der Waals surface area contributed by atoms with Crippen molar-refractivity contribution >= 4 is 22.5 Å². The summed E-state index contributed by atoms with van der Waals surface area (Å²) in [6.45, 7) is 7.67. The molecule has 0 N–H and O–H groups in total. The van der Waals surface area contributed by atoms with Gasteiger partial charge in [-0.1, -0.05) is 0 Å². The molecule has 69 valence electrons. The van der Waals surface area contributed by atoms with E-state index in [0.29, 0.717) is 25.8 Å². The Labute approximate surface area is 87.2 Å². The van der Waals surface area contributed by atoms with Crippen LogP contribution in [0.3, 0.4) is 0 Å². The fourth-order valence-corrected chi connectivity index (χ4v) is 1.46. The van der Waals surface area contributed by atoms with E-state index in [1.165, 1.54) is 22.5 Å². The van der Waals surface area contributed by atoms with Crippen LogP contribution in [0.5, 0.6) is 0 Å². The van der Waals surface area contributed by atoms with Crippen LogP contribution in [0.2, 0.25) is 0 Å². The second-order valence-electron chi connectivity index (χ2n) is 1.92. The molecule has 3 nitrogen and oxygen atoms in total. The third-order valence-electron chi connectivity index (χ3n) is 1.02. The van der Waals surface area contributed by atoms with Crippen LogP contribution in [0.25, 0.3) is 0 Å². The Kier molecular flexibility index (Phi) is 7.54. The summed E-state index contributed by atoms with van der Waals surface area (Å²) in [5.74, 6) is 0.542. The average molecular weight is 278 g/mol. The predicted octanol–water partition coefficient (Wildman–Crippen LogP) is 1.39. The molecule has 12 heavy (non-hydrogen) atoms. The predicted molar refractivity (Wildman–Crippen MR) is 47.7 cm³/mol. The molecule has 0 aliphatic carbocycles. The van der Waals surface area contributed by atoms with Crippen molar-refractivity contribution in [2.45, 2.75) is 20.8 Å². The van der Waals surface area contributed by atoms with Gasteiger partial charge in [0.05, 0.1) is 0 Å². The molecule has 0 spiro atoms. The summed E-state index contributed by atoms with van der Waals surface area (Å²) in [6, 6.07) is 0. The van der Waals surface area contributed by atoms with E-state index < -0.39 is 0 Å². The summed E-state index contributed by atoms with van der Waals surface area (Å²) in [6.07, 6.45) is 0. The fourth-order valence-electron chi connectivity index (χ4n) is 0.638. The average Bonchev–Trinajstić information content (AvgIpc) is 2.04. The van der Waals surface area contributed by atoms with Crippen LogP contribution >= 0.6 is 0 Å². The van der Waals surface area contributed by atoms with Crippen LogP contribution < -0.4 is 0 Å². The first-order valence-corrected chi connectivity index (χ1v) is 5.53. The number of rotatable bonds is 6. The normalized spacial score (nSPS) is 9.00. The summed E-state index contributed by atoms with van der Waals surface area (Å²) >= 11 is 1.18. The molecule has 0 amide bonds.